The summed E-state index contributed by atoms with van der Waals surface area (Å²) < 4.78 is 0.400. The van der Waals surface area contributed by atoms with E-state index in [1.165, 1.54) is 16.7 Å². The van der Waals surface area contributed by atoms with Gasteiger partial charge in [0, 0.05) is 10.6 Å². The molecule has 4 rings (SSSR count). The summed E-state index contributed by atoms with van der Waals surface area (Å²) in [5, 5.41) is 6.94. The van der Waals surface area contributed by atoms with Crippen molar-refractivity contribution in [2.75, 3.05) is 11.9 Å². The average Bonchev–Trinajstić information content (AvgIpc) is 3.26. The van der Waals surface area contributed by atoms with Crippen molar-refractivity contribution in [3.8, 4) is 0 Å². The van der Waals surface area contributed by atoms with Crippen LogP contribution in [0, 0.1) is 0 Å². The quantitative estimate of drug-likeness (QED) is 0.499. The average molecular weight is 411 g/mol. The summed E-state index contributed by atoms with van der Waals surface area (Å²) in [7, 11) is 0. The molecule has 1 fully saturated rings. The normalized spacial score (nSPS) is 15.7. The fourth-order valence-electron chi connectivity index (χ4n) is 2.75. The number of amides is 2. The highest BCUT2D eigenvalue weighted by Gasteiger charge is 2.33. The predicted octanol–water partition coefficient (Wildman–Crippen LogP) is 4.74. The van der Waals surface area contributed by atoms with E-state index in [9.17, 15) is 9.59 Å². The predicted molar refractivity (Wildman–Crippen MR) is 117 cm³/mol. The van der Waals surface area contributed by atoms with E-state index in [0.717, 1.165) is 15.6 Å². The van der Waals surface area contributed by atoms with Crippen LogP contribution in [0.4, 0.5) is 5.69 Å². The molecule has 1 saturated heterocycles. The van der Waals surface area contributed by atoms with Gasteiger partial charge < -0.3 is 5.32 Å². The number of nitrogens with one attached hydrogen (secondary N) is 1. The Morgan fingerprint density at radius 3 is 2.70 bits per heavy atom. The van der Waals surface area contributed by atoms with Gasteiger partial charge in [-0.15, -0.1) is 11.3 Å². The first kappa shape index (κ1) is 17.9. The van der Waals surface area contributed by atoms with Crippen molar-refractivity contribution in [3.63, 3.8) is 0 Å². The lowest BCUT2D eigenvalue weighted by Gasteiger charge is -2.14. The SMILES string of the molecule is O=C(CN1C(=O)C(=Cc2cccs2)SC1=S)Nc1ccc2ccccc2c1. The molecule has 1 N–H and O–H groups in total. The summed E-state index contributed by atoms with van der Waals surface area (Å²) in [6.45, 7) is -0.0979. The first-order valence-corrected chi connectivity index (χ1v) is 10.3. The first-order chi connectivity index (χ1) is 13.1. The smallest absolute Gasteiger partial charge is 0.266 e. The van der Waals surface area contributed by atoms with Crippen LogP contribution in [0.2, 0.25) is 0 Å². The zero-order chi connectivity index (χ0) is 18.8. The van der Waals surface area contributed by atoms with Crippen LogP contribution in [0.1, 0.15) is 4.88 Å². The number of thiocarbonyl (C=S) groups is 1. The van der Waals surface area contributed by atoms with E-state index in [1.807, 2.05) is 66.1 Å². The van der Waals surface area contributed by atoms with Gasteiger partial charge in [0.2, 0.25) is 5.91 Å². The second kappa shape index (κ2) is 7.64. The number of hydrogen-bond acceptors (Lipinski definition) is 5. The van der Waals surface area contributed by atoms with Gasteiger partial charge in [-0.1, -0.05) is 60.4 Å². The van der Waals surface area contributed by atoms with E-state index >= 15 is 0 Å². The van der Waals surface area contributed by atoms with Crippen molar-refractivity contribution in [1.29, 1.82) is 0 Å². The molecule has 134 valence electrons. The van der Waals surface area contributed by atoms with E-state index in [4.69, 9.17) is 12.2 Å². The van der Waals surface area contributed by atoms with E-state index in [2.05, 4.69) is 5.32 Å². The number of nitrogens with zero attached hydrogens (tertiary/aromatic N) is 1. The molecule has 0 saturated carbocycles. The van der Waals surface area contributed by atoms with Crippen LogP contribution < -0.4 is 5.32 Å². The van der Waals surface area contributed by atoms with Gasteiger partial charge in [0.15, 0.2) is 0 Å². The Kier molecular flexibility index (Phi) is 5.07. The van der Waals surface area contributed by atoms with Crippen LogP contribution in [0.3, 0.4) is 0 Å². The molecule has 2 amide bonds. The third kappa shape index (κ3) is 3.95. The number of hydrogen-bond donors (Lipinski definition) is 1. The maximum atomic E-state index is 12.6. The molecule has 0 radical (unpaired) electrons. The van der Waals surface area contributed by atoms with Gasteiger partial charge in [0.05, 0.1) is 4.91 Å². The zero-order valence-corrected chi connectivity index (χ0v) is 16.5. The summed E-state index contributed by atoms with van der Waals surface area (Å²) in [6, 6.07) is 17.5. The van der Waals surface area contributed by atoms with Gasteiger partial charge in [-0.05, 0) is 40.4 Å². The molecule has 1 aromatic heterocycles. The number of anilines is 1. The number of benzene rings is 2. The molecular formula is C20H14N2O2S3. The summed E-state index contributed by atoms with van der Waals surface area (Å²) in [6.07, 6.45) is 1.81. The topological polar surface area (TPSA) is 49.4 Å². The van der Waals surface area contributed by atoms with Crippen LogP contribution in [-0.2, 0) is 9.59 Å². The Bertz CT molecular complexity index is 1070. The standard InChI is InChI=1S/C20H14N2O2S3/c23-18(21-15-8-7-13-4-1-2-5-14(13)10-15)12-22-19(24)17(27-20(22)25)11-16-6-3-9-26-16/h1-11H,12H2,(H,21,23). The maximum Gasteiger partial charge on any atom is 0.266 e. The largest absolute Gasteiger partial charge is 0.325 e. The van der Waals surface area contributed by atoms with Gasteiger partial charge in [-0.25, -0.2) is 0 Å². The lowest BCUT2D eigenvalue weighted by molar-refractivity contribution is -0.126. The summed E-state index contributed by atoms with van der Waals surface area (Å²) in [5.41, 5.74) is 0.693. The highest BCUT2D eigenvalue weighted by molar-refractivity contribution is 8.26. The van der Waals surface area contributed by atoms with E-state index in [-0.39, 0.29) is 18.4 Å². The van der Waals surface area contributed by atoms with Crippen molar-refractivity contribution >= 4 is 74.0 Å². The monoisotopic (exact) mass is 410 g/mol. The van der Waals surface area contributed by atoms with E-state index < -0.39 is 0 Å². The minimum absolute atomic E-state index is 0.0979. The lowest BCUT2D eigenvalue weighted by Crippen LogP contribution is -2.36. The second-order valence-electron chi connectivity index (χ2n) is 5.89. The molecule has 0 atom stereocenters. The number of carbonyl (C=O) groups is 2. The summed E-state index contributed by atoms with van der Waals surface area (Å²) in [5.74, 6) is -0.508. The second-order valence-corrected chi connectivity index (χ2v) is 8.55. The van der Waals surface area contributed by atoms with Crippen molar-refractivity contribution in [2.24, 2.45) is 0 Å². The highest BCUT2D eigenvalue weighted by atomic mass is 32.2. The van der Waals surface area contributed by atoms with Gasteiger partial charge in [-0.3, -0.25) is 14.5 Å². The molecule has 0 spiro atoms. The fourth-order valence-corrected chi connectivity index (χ4v) is 4.73. The third-order valence-electron chi connectivity index (χ3n) is 4.03. The summed E-state index contributed by atoms with van der Waals surface area (Å²) >= 11 is 8.06. The molecule has 27 heavy (non-hydrogen) atoms. The van der Waals surface area contributed by atoms with Gasteiger partial charge >= 0.3 is 0 Å². The van der Waals surface area contributed by atoms with Crippen molar-refractivity contribution in [1.82, 2.24) is 4.90 Å². The minimum atomic E-state index is -0.279. The van der Waals surface area contributed by atoms with Crippen LogP contribution in [0.15, 0.2) is 64.9 Å². The van der Waals surface area contributed by atoms with Crippen LogP contribution >= 0.6 is 35.3 Å². The van der Waals surface area contributed by atoms with Crippen LogP contribution in [0.5, 0.6) is 0 Å². The van der Waals surface area contributed by atoms with Crippen LogP contribution in [0.25, 0.3) is 16.8 Å². The molecule has 0 bridgehead atoms. The Balaban J connectivity index is 1.45. The van der Waals surface area contributed by atoms with Gasteiger partial charge in [-0.2, -0.15) is 0 Å². The molecule has 0 unspecified atom stereocenters. The molecule has 4 nitrogen and oxygen atoms in total. The molecular weight excluding hydrogens is 396 g/mol. The number of rotatable bonds is 4. The van der Waals surface area contributed by atoms with Gasteiger partial charge in [0.25, 0.3) is 5.91 Å². The molecule has 0 aliphatic carbocycles. The molecule has 1 aliphatic heterocycles. The number of thioether (sulfide) groups is 1. The Labute approximate surface area is 169 Å². The molecule has 2 aromatic carbocycles. The molecule has 2 heterocycles. The number of fused-ring (bicyclic) bond motifs is 1. The first-order valence-electron chi connectivity index (χ1n) is 8.18. The minimum Gasteiger partial charge on any atom is -0.325 e. The third-order valence-corrected chi connectivity index (χ3v) is 6.22. The van der Waals surface area contributed by atoms with E-state index in [0.29, 0.717) is 14.9 Å². The summed E-state index contributed by atoms with van der Waals surface area (Å²) in [4.78, 5) is 27.9. The Morgan fingerprint density at radius 2 is 1.93 bits per heavy atom. The van der Waals surface area contributed by atoms with Crippen molar-refractivity contribution in [3.05, 3.63) is 69.8 Å². The Morgan fingerprint density at radius 1 is 1.11 bits per heavy atom. The number of thiophene rings is 1. The molecule has 1 aliphatic rings. The van der Waals surface area contributed by atoms with Gasteiger partial charge in [0.1, 0.15) is 10.9 Å². The zero-order valence-electron chi connectivity index (χ0n) is 14.0. The van der Waals surface area contributed by atoms with Crippen molar-refractivity contribution in [2.45, 2.75) is 0 Å². The lowest BCUT2D eigenvalue weighted by atomic mass is 10.1. The molecule has 3 aromatic rings. The van der Waals surface area contributed by atoms with E-state index in [1.54, 1.807) is 11.3 Å². The Hall–Kier alpha value is -2.48. The molecule has 7 heteroatoms. The highest BCUT2D eigenvalue weighted by Crippen LogP contribution is 2.33. The maximum absolute atomic E-state index is 12.6. The van der Waals surface area contributed by atoms with Crippen LogP contribution in [-0.4, -0.2) is 27.6 Å². The fraction of sp³-hybridized carbons (Fsp3) is 0.0500. The van der Waals surface area contributed by atoms with Crippen molar-refractivity contribution < 1.29 is 9.59 Å². The number of carbonyl (C=O) groups excluding carboxylic acids is 2.